The van der Waals surface area contributed by atoms with Crippen LogP contribution < -0.4 is 10.6 Å². The van der Waals surface area contributed by atoms with Gasteiger partial charge in [0.2, 0.25) is 0 Å². The van der Waals surface area contributed by atoms with Crippen LogP contribution in [-0.4, -0.2) is 36.5 Å². The number of hydrogen-bond acceptors (Lipinski definition) is 3. The molecule has 2 aliphatic rings. The van der Waals surface area contributed by atoms with Gasteiger partial charge in [-0.3, -0.25) is 0 Å². The summed E-state index contributed by atoms with van der Waals surface area (Å²) in [5.74, 6) is 0. The Morgan fingerprint density at radius 2 is 1.44 bits per heavy atom. The van der Waals surface area contributed by atoms with Gasteiger partial charge in [0.05, 0.1) is 6.54 Å². The highest BCUT2D eigenvalue weighted by Crippen LogP contribution is 2.55. The van der Waals surface area contributed by atoms with E-state index in [2.05, 4.69) is 10.6 Å². The molecule has 0 radical (unpaired) electrons. The molecule has 0 atom stereocenters. The Morgan fingerprint density at radius 3 is 1.84 bits per heavy atom. The summed E-state index contributed by atoms with van der Waals surface area (Å²) in [5, 5.41) is 5.34. The second kappa shape index (κ2) is 9.64. The van der Waals surface area contributed by atoms with Crippen LogP contribution in [0.5, 0.6) is 0 Å². The van der Waals surface area contributed by atoms with Gasteiger partial charge in [0.1, 0.15) is 5.60 Å². The molecule has 2 fully saturated rings. The normalized spacial score (nSPS) is 27.6. The Hall–Kier alpha value is -0.980. The van der Waals surface area contributed by atoms with Crippen molar-refractivity contribution in [1.82, 2.24) is 10.6 Å². The Morgan fingerprint density at radius 1 is 1.00 bits per heavy atom. The lowest BCUT2D eigenvalue weighted by Crippen LogP contribution is -2.61. The van der Waals surface area contributed by atoms with Gasteiger partial charge in [-0.05, 0) is 51.9 Å². The lowest BCUT2D eigenvalue weighted by Gasteiger charge is -2.58. The van der Waals surface area contributed by atoms with Gasteiger partial charge < -0.3 is 15.4 Å². The first-order valence-electron chi connectivity index (χ1n) is 9.26. The van der Waals surface area contributed by atoms with Crippen molar-refractivity contribution < 1.29 is 22.7 Å². The number of halogens is 3. The monoisotopic (exact) mass is 368 g/mol. The molecule has 25 heavy (non-hydrogen) atoms. The first-order valence-corrected chi connectivity index (χ1v) is 9.26. The molecule has 150 valence electrons. The van der Waals surface area contributed by atoms with Crippen molar-refractivity contribution in [2.45, 2.75) is 98.0 Å². The first kappa shape index (κ1) is 24.0. The minimum atomic E-state index is -4.15. The van der Waals surface area contributed by atoms with Crippen LogP contribution in [0.25, 0.3) is 0 Å². The van der Waals surface area contributed by atoms with E-state index >= 15 is 0 Å². The highest BCUT2D eigenvalue weighted by molar-refractivity contribution is 5.68. The Bertz CT molecular complexity index is 392. The third-order valence-electron chi connectivity index (χ3n) is 4.03. The highest BCUT2D eigenvalue weighted by Gasteiger charge is 2.53. The fourth-order valence-electron chi connectivity index (χ4n) is 3.29. The van der Waals surface area contributed by atoms with E-state index in [1.165, 1.54) is 0 Å². The molecule has 7 heteroatoms. The van der Waals surface area contributed by atoms with Gasteiger partial charge in [0.15, 0.2) is 0 Å². The molecule has 4 nitrogen and oxygen atoms in total. The minimum Gasteiger partial charge on any atom is -0.444 e. The summed E-state index contributed by atoms with van der Waals surface area (Å²) in [6.07, 6.45) is -1.39. The van der Waals surface area contributed by atoms with Gasteiger partial charge in [0, 0.05) is 12.1 Å². The Balaban J connectivity index is 0.00000134. The number of carbonyl (C=O) groups is 1. The molecule has 0 unspecified atom stereocenters. The van der Waals surface area contributed by atoms with Crippen LogP contribution in [0.15, 0.2) is 0 Å². The maximum atomic E-state index is 12.1. The molecule has 2 saturated carbocycles. The van der Waals surface area contributed by atoms with Crippen LogP contribution >= 0.6 is 0 Å². The van der Waals surface area contributed by atoms with Crippen molar-refractivity contribution >= 4 is 6.09 Å². The largest absolute Gasteiger partial charge is 0.444 e. The number of hydrogen-bond donors (Lipinski definition) is 2. The van der Waals surface area contributed by atoms with E-state index in [1.807, 2.05) is 27.7 Å². The van der Waals surface area contributed by atoms with Crippen molar-refractivity contribution in [3.05, 3.63) is 0 Å². The number of alkyl halides is 3. The molecule has 1 amide bonds. The Labute approximate surface area is 150 Å². The average Bonchev–Trinajstić information content (AvgIpc) is 2.40. The summed E-state index contributed by atoms with van der Waals surface area (Å²) in [6, 6.07) is 0.0394. The fraction of sp³-hybridized carbons (Fsp3) is 0.944. The fourth-order valence-corrected chi connectivity index (χ4v) is 3.29. The molecule has 0 aromatic carbocycles. The molecule has 2 aliphatic carbocycles. The third-order valence-corrected chi connectivity index (χ3v) is 4.03. The van der Waals surface area contributed by atoms with Crippen LogP contribution in [0, 0.1) is 5.41 Å². The second-order valence-corrected chi connectivity index (χ2v) is 7.35. The van der Waals surface area contributed by atoms with Crippen LogP contribution in [0.1, 0.15) is 74.1 Å². The molecule has 0 aromatic rings. The molecular formula is C18H35F3N2O2. The molecule has 2 N–H and O–H groups in total. The summed E-state index contributed by atoms with van der Waals surface area (Å²) >= 11 is 0. The molecule has 2 rings (SSSR count). The third kappa shape index (κ3) is 8.79. The highest BCUT2D eigenvalue weighted by atomic mass is 19.4. The molecule has 0 aromatic heterocycles. The van der Waals surface area contributed by atoms with Crippen molar-refractivity contribution in [3.8, 4) is 0 Å². The summed E-state index contributed by atoms with van der Waals surface area (Å²) in [4.78, 5) is 11.6. The quantitative estimate of drug-likeness (QED) is 0.735. The second-order valence-electron chi connectivity index (χ2n) is 7.35. The standard InChI is InChI=1S/C14H23F3N2O2.2C2H6/c1-12(2,3)21-11(20)19-10-6-13(7-10)4-9(5-13)18-8-14(15,16)17;2*1-2/h9-10,18H,4-8H2,1-3H3,(H,19,20);2*1-2H3. The van der Waals surface area contributed by atoms with Crippen LogP contribution in [0.2, 0.25) is 0 Å². The number of alkyl carbamates (subject to hydrolysis) is 1. The van der Waals surface area contributed by atoms with E-state index in [9.17, 15) is 18.0 Å². The SMILES string of the molecule is CC.CC.CC(C)(C)OC(=O)NC1CC2(CC(NCC(F)(F)F)C2)C1. The number of rotatable bonds is 3. The van der Waals surface area contributed by atoms with E-state index in [4.69, 9.17) is 4.74 Å². The predicted octanol–water partition coefficient (Wildman–Crippen LogP) is 5.03. The molecule has 0 saturated heterocycles. The van der Waals surface area contributed by atoms with E-state index in [-0.39, 0.29) is 17.5 Å². The maximum absolute atomic E-state index is 12.1. The lowest BCUT2D eigenvalue weighted by molar-refractivity contribution is -0.132. The molecule has 1 spiro atoms. The molecular weight excluding hydrogens is 333 g/mol. The Kier molecular flexibility index (Phi) is 9.27. The molecule has 0 heterocycles. The first-order chi connectivity index (χ1) is 11.5. The van der Waals surface area contributed by atoms with Crippen LogP contribution in [0.3, 0.4) is 0 Å². The zero-order valence-corrected chi connectivity index (χ0v) is 16.6. The lowest BCUT2D eigenvalue weighted by atomic mass is 9.52. The number of nitrogens with one attached hydrogen (secondary N) is 2. The van der Waals surface area contributed by atoms with E-state index in [0.717, 1.165) is 25.7 Å². The van der Waals surface area contributed by atoms with Crippen LogP contribution in [-0.2, 0) is 4.74 Å². The molecule has 0 bridgehead atoms. The van der Waals surface area contributed by atoms with E-state index in [0.29, 0.717) is 0 Å². The van der Waals surface area contributed by atoms with Crippen molar-refractivity contribution in [2.75, 3.05) is 6.54 Å². The zero-order chi connectivity index (χ0) is 19.9. The zero-order valence-electron chi connectivity index (χ0n) is 16.6. The minimum absolute atomic E-state index is 0.0471. The number of ether oxygens (including phenoxy) is 1. The van der Waals surface area contributed by atoms with Gasteiger partial charge >= 0.3 is 12.3 Å². The molecule has 0 aliphatic heterocycles. The van der Waals surface area contributed by atoms with Gasteiger partial charge in [-0.15, -0.1) is 0 Å². The number of carbonyl (C=O) groups excluding carboxylic acids is 1. The summed E-state index contributed by atoms with van der Waals surface area (Å²) in [5.41, 5.74) is -0.391. The van der Waals surface area contributed by atoms with Crippen molar-refractivity contribution in [1.29, 1.82) is 0 Å². The van der Waals surface area contributed by atoms with Gasteiger partial charge in [-0.2, -0.15) is 13.2 Å². The van der Waals surface area contributed by atoms with Gasteiger partial charge in [-0.25, -0.2) is 4.79 Å². The number of amides is 1. The van der Waals surface area contributed by atoms with Crippen LogP contribution in [0.4, 0.5) is 18.0 Å². The van der Waals surface area contributed by atoms with Gasteiger partial charge in [-0.1, -0.05) is 27.7 Å². The predicted molar refractivity (Wildman–Crippen MR) is 94.6 cm³/mol. The average molecular weight is 368 g/mol. The topological polar surface area (TPSA) is 50.4 Å². The van der Waals surface area contributed by atoms with Gasteiger partial charge in [0.25, 0.3) is 0 Å². The smallest absolute Gasteiger partial charge is 0.407 e. The summed E-state index contributed by atoms with van der Waals surface area (Å²) in [7, 11) is 0. The van der Waals surface area contributed by atoms with Crippen molar-refractivity contribution in [3.63, 3.8) is 0 Å². The summed E-state index contributed by atoms with van der Waals surface area (Å²) < 4.78 is 41.4. The van der Waals surface area contributed by atoms with Crippen molar-refractivity contribution in [2.24, 2.45) is 5.41 Å². The maximum Gasteiger partial charge on any atom is 0.407 e. The summed E-state index contributed by atoms with van der Waals surface area (Å²) in [6.45, 7) is 12.5. The van der Waals surface area contributed by atoms with E-state index in [1.54, 1.807) is 20.8 Å². The van der Waals surface area contributed by atoms with E-state index < -0.39 is 24.4 Å².